The van der Waals surface area contributed by atoms with Gasteiger partial charge in [-0.3, -0.25) is 9.48 Å². The zero-order valence-corrected chi connectivity index (χ0v) is 16.5. The van der Waals surface area contributed by atoms with Gasteiger partial charge < -0.3 is 19.4 Å². The van der Waals surface area contributed by atoms with Gasteiger partial charge in [-0.1, -0.05) is 0 Å². The summed E-state index contributed by atoms with van der Waals surface area (Å²) in [6, 6.07) is -0.135. The van der Waals surface area contributed by atoms with E-state index in [1.807, 2.05) is 27.6 Å². The minimum Gasteiger partial charge on any atom is -0.377 e. The smallest absolute Gasteiger partial charge is 0.320 e. The van der Waals surface area contributed by atoms with E-state index in [0.717, 1.165) is 38.0 Å². The van der Waals surface area contributed by atoms with E-state index in [9.17, 15) is 9.59 Å². The van der Waals surface area contributed by atoms with E-state index in [1.165, 1.54) is 6.42 Å². The van der Waals surface area contributed by atoms with Crippen LogP contribution in [-0.4, -0.2) is 82.4 Å². The third-order valence-electron chi connectivity index (χ3n) is 5.37. The maximum Gasteiger partial charge on any atom is 0.320 e. The van der Waals surface area contributed by atoms with E-state index in [0.29, 0.717) is 26.3 Å². The average molecular weight is 377 g/mol. The number of carbonyl (C=O) groups is 2. The maximum atomic E-state index is 12.9. The van der Waals surface area contributed by atoms with Crippen LogP contribution < -0.4 is 0 Å². The molecule has 1 aromatic rings. The summed E-state index contributed by atoms with van der Waals surface area (Å²) >= 11 is 0. The first kappa shape index (κ1) is 19.7. The molecule has 0 unspecified atom stereocenters. The molecule has 8 nitrogen and oxygen atoms in total. The second-order valence-corrected chi connectivity index (χ2v) is 7.41. The van der Waals surface area contributed by atoms with Crippen molar-refractivity contribution in [3.05, 3.63) is 18.0 Å². The SMILES string of the molecule is CCn1cc(CN(C)C(=O)C[C@H]2COCCN2C(=O)N2CCCCC2)cn1. The predicted molar refractivity (Wildman–Crippen MR) is 101 cm³/mol. The fourth-order valence-electron chi connectivity index (χ4n) is 3.72. The Hall–Kier alpha value is -2.09. The molecule has 3 amide bonds. The Labute approximate surface area is 161 Å². The summed E-state index contributed by atoms with van der Waals surface area (Å²) in [4.78, 5) is 31.1. The van der Waals surface area contributed by atoms with Crippen molar-refractivity contribution in [2.45, 2.75) is 51.7 Å². The van der Waals surface area contributed by atoms with Crippen LogP contribution in [0.15, 0.2) is 12.4 Å². The van der Waals surface area contributed by atoms with E-state index in [-0.39, 0.29) is 24.4 Å². The van der Waals surface area contributed by atoms with Crippen LogP contribution in [0.1, 0.15) is 38.2 Å². The van der Waals surface area contributed by atoms with Crippen molar-refractivity contribution in [1.29, 1.82) is 0 Å². The minimum absolute atomic E-state index is 0.0196. The van der Waals surface area contributed by atoms with Crippen molar-refractivity contribution in [2.24, 2.45) is 0 Å². The van der Waals surface area contributed by atoms with Gasteiger partial charge in [0, 0.05) is 58.0 Å². The number of aromatic nitrogens is 2. The molecule has 2 aliphatic rings. The van der Waals surface area contributed by atoms with Gasteiger partial charge in [0.15, 0.2) is 0 Å². The number of rotatable bonds is 5. The molecule has 1 atom stereocenters. The van der Waals surface area contributed by atoms with E-state index in [4.69, 9.17) is 4.74 Å². The van der Waals surface area contributed by atoms with E-state index in [2.05, 4.69) is 5.10 Å². The highest BCUT2D eigenvalue weighted by molar-refractivity contribution is 5.79. The van der Waals surface area contributed by atoms with Gasteiger partial charge in [0.25, 0.3) is 0 Å². The fourth-order valence-corrected chi connectivity index (χ4v) is 3.72. The van der Waals surface area contributed by atoms with Gasteiger partial charge in [-0.25, -0.2) is 4.79 Å². The third kappa shape index (κ3) is 5.00. The third-order valence-corrected chi connectivity index (χ3v) is 5.37. The van der Waals surface area contributed by atoms with Crippen LogP contribution in [0.3, 0.4) is 0 Å². The number of hydrogen-bond donors (Lipinski definition) is 0. The number of likely N-dealkylation sites (tertiary alicyclic amines) is 1. The fraction of sp³-hybridized carbons (Fsp3) is 0.737. The number of urea groups is 1. The molecule has 2 aliphatic heterocycles. The highest BCUT2D eigenvalue weighted by Gasteiger charge is 2.33. The molecule has 3 rings (SSSR count). The molecule has 0 saturated carbocycles. The monoisotopic (exact) mass is 377 g/mol. The van der Waals surface area contributed by atoms with Gasteiger partial charge in [-0.2, -0.15) is 5.10 Å². The number of aryl methyl sites for hydroxylation is 1. The summed E-state index contributed by atoms with van der Waals surface area (Å²) in [5.41, 5.74) is 1.01. The molecule has 0 N–H and O–H groups in total. The lowest BCUT2D eigenvalue weighted by atomic mass is 10.1. The molecular formula is C19H31N5O3. The van der Waals surface area contributed by atoms with E-state index in [1.54, 1.807) is 18.1 Å². The van der Waals surface area contributed by atoms with Gasteiger partial charge in [0.05, 0.1) is 25.5 Å². The lowest BCUT2D eigenvalue weighted by Gasteiger charge is -2.40. The van der Waals surface area contributed by atoms with Crippen LogP contribution in [0.4, 0.5) is 4.79 Å². The zero-order chi connectivity index (χ0) is 19.2. The Kier molecular flexibility index (Phi) is 6.71. The summed E-state index contributed by atoms with van der Waals surface area (Å²) in [6.45, 7) is 6.51. The summed E-state index contributed by atoms with van der Waals surface area (Å²) in [6.07, 6.45) is 7.36. The van der Waals surface area contributed by atoms with Crippen LogP contribution in [0.25, 0.3) is 0 Å². The number of nitrogens with zero attached hydrogens (tertiary/aromatic N) is 5. The number of ether oxygens (including phenoxy) is 1. The molecule has 150 valence electrons. The number of hydrogen-bond acceptors (Lipinski definition) is 4. The Balaban J connectivity index is 1.57. The highest BCUT2D eigenvalue weighted by atomic mass is 16.5. The largest absolute Gasteiger partial charge is 0.377 e. The summed E-state index contributed by atoms with van der Waals surface area (Å²) in [5.74, 6) is 0.0196. The molecule has 1 aromatic heterocycles. The number of amides is 3. The Morgan fingerprint density at radius 1 is 1.26 bits per heavy atom. The summed E-state index contributed by atoms with van der Waals surface area (Å²) in [5, 5.41) is 4.25. The molecule has 8 heteroatoms. The van der Waals surface area contributed by atoms with Gasteiger partial charge in [-0.15, -0.1) is 0 Å². The summed E-state index contributed by atoms with van der Waals surface area (Å²) in [7, 11) is 1.80. The first-order valence-electron chi connectivity index (χ1n) is 9.97. The standard InChI is InChI=1S/C19H31N5O3/c1-3-23-14-16(12-20-23)13-21(2)18(25)11-17-15-27-10-9-24(17)19(26)22-7-5-4-6-8-22/h12,14,17H,3-11,13,15H2,1-2H3/t17-/m0/s1. The van der Waals surface area contributed by atoms with Crippen LogP contribution in [0, 0.1) is 0 Å². The van der Waals surface area contributed by atoms with Crippen LogP contribution >= 0.6 is 0 Å². The minimum atomic E-state index is -0.193. The normalized spacial score (nSPS) is 20.6. The number of carbonyl (C=O) groups excluding carboxylic acids is 2. The van der Waals surface area contributed by atoms with Gasteiger partial charge in [0.2, 0.25) is 5.91 Å². The van der Waals surface area contributed by atoms with Crippen molar-refractivity contribution in [3.63, 3.8) is 0 Å². The molecule has 0 bridgehead atoms. The van der Waals surface area contributed by atoms with Gasteiger partial charge >= 0.3 is 6.03 Å². The highest BCUT2D eigenvalue weighted by Crippen LogP contribution is 2.18. The first-order valence-corrected chi connectivity index (χ1v) is 9.97. The lowest BCUT2D eigenvalue weighted by molar-refractivity contribution is -0.133. The quantitative estimate of drug-likeness (QED) is 0.781. The van der Waals surface area contributed by atoms with Crippen LogP contribution in [0.2, 0.25) is 0 Å². The lowest BCUT2D eigenvalue weighted by Crippen LogP contribution is -2.55. The predicted octanol–water partition coefficient (Wildman–Crippen LogP) is 1.56. The van der Waals surface area contributed by atoms with Crippen molar-refractivity contribution in [3.8, 4) is 0 Å². The number of piperidine rings is 1. The maximum absolute atomic E-state index is 12.9. The first-order chi connectivity index (χ1) is 13.1. The molecule has 0 aromatic carbocycles. The second-order valence-electron chi connectivity index (χ2n) is 7.41. The van der Waals surface area contributed by atoms with Crippen molar-refractivity contribution in [1.82, 2.24) is 24.5 Å². The molecule has 0 radical (unpaired) electrons. The van der Waals surface area contributed by atoms with Crippen molar-refractivity contribution >= 4 is 11.9 Å². The van der Waals surface area contributed by atoms with Crippen LogP contribution in [0.5, 0.6) is 0 Å². The molecule has 0 spiro atoms. The molecule has 2 saturated heterocycles. The molecule has 27 heavy (non-hydrogen) atoms. The molecular weight excluding hydrogens is 346 g/mol. The Morgan fingerprint density at radius 3 is 2.74 bits per heavy atom. The molecule has 2 fully saturated rings. The average Bonchev–Trinajstić information content (AvgIpc) is 3.16. The Bertz CT molecular complexity index is 641. The molecule has 0 aliphatic carbocycles. The van der Waals surface area contributed by atoms with E-state index < -0.39 is 0 Å². The van der Waals surface area contributed by atoms with Gasteiger partial charge in [-0.05, 0) is 26.2 Å². The van der Waals surface area contributed by atoms with E-state index >= 15 is 0 Å². The van der Waals surface area contributed by atoms with Crippen molar-refractivity contribution < 1.29 is 14.3 Å². The second kappa shape index (κ2) is 9.21. The number of morpholine rings is 1. The summed E-state index contributed by atoms with van der Waals surface area (Å²) < 4.78 is 7.42. The zero-order valence-electron chi connectivity index (χ0n) is 16.5. The molecule has 3 heterocycles. The topological polar surface area (TPSA) is 70.9 Å². The van der Waals surface area contributed by atoms with Crippen molar-refractivity contribution in [2.75, 3.05) is 39.9 Å². The van der Waals surface area contributed by atoms with Crippen LogP contribution in [-0.2, 0) is 22.6 Å². The van der Waals surface area contributed by atoms with Gasteiger partial charge in [0.1, 0.15) is 0 Å². The Morgan fingerprint density at radius 2 is 2.04 bits per heavy atom.